The van der Waals surface area contributed by atoms with Crippen LogP contribution in [0.4, 0.5) is 4.39 Å². The first-order valence-corrected chi connectivity index (χ1v) is 11.7. The summed E-state index contributed by atoms with van der Waals surface area (Å²) >= 11 is 0. The van der Waals surface area contributed by atoms with Gasteiger partial charge in [0.1, 0.15) is 11.6 Å². The van der Waals surface area contributed by atoms with E-state index < -0.39 is 11.5 Å². The Morgan fingerprint density at radius 2 is 1.89 bits per heavy atom. The Hall–Kier alpha value is -4.08. The average molecular weight is 474 g/mol. The molecule has 9 nitrogen and oxygen atoms in total. The minimum Gasteiger partial charge on any atom is -0.342 e. The van der Waals surface area contributed by atoms with Crippen LogP contribution in [-0.4, -0.2) is 48.6 Å². The molecule has 1 aliphatic heterocycles. The van der Waals surface area contributed by atoms with Gasteiger partial charge in [-0.25, -0.2) is 23.8 Å². The van der Waals surface area contributed by atoms with Gasteiger partial charge in [-0.2, -0.15) is 5.10 Å². The van der Waals surface area contributed by atoms with Crippen LogP contribution in [0.15, 0.2) is 52.3 Å². The fourth-order valence-electron chi connectivity index (χ4n) is 4.88. The summed E-state index contributed by atoms with van der Waals surface area (Å²) in [7, 11) is 0. The summed E-state index contributed by atoms with van der Waals surface area (Å²) in [5.74, 6) is 0.431. The molecule has 10 heteroatoms. The summed E-state index contributed by atoms with van der Waals surface area (Å²) in [6, 6.07) is 9.74. The zero-order chi connectivity index (χ0) is 24.1. The zero-order valence-corrected chi connectivity index (χ0v) is 18.8. The molecule has 0 bridgehead atoms. The topological polar surface area (TPSA) is 117 Å². The van der Waals surface area contributed by atoms with E-state index in [1.165, 1.54) is 17.0 Å². The molecule has 1 amide bonds. The van der Waals surface area contributed by atoms with Crippen molar-refractivity contribution in [3.05, 3.63) is 75.2 Å². The first kappa shape index (κ1) is 21.5. The predicted octanol–water partition coefficient (Wildman–Crippen LogP) is 2.40. The van der Waals surface area contributed by atoms with Crippen molar-refractivity contribution in [2.45, 2.75) is 25.7 Å². The van der Waals surface area contributed by atoms with Crippen LogP contribution in [0.2, 0.25) is 0 Å². The molecular weight excluding hydrogens is 451 g/mol. The van der Waals surface area contributed by atoms with Gasteiger partial charge in [-0.3, -0.25) is 9.59 Å². The molecule has 35 heavy (non-hydrogen) atoms. The van der Waals surface area contributed by atoms with E-state index in [2.05, 4.69) is 20.2 Å². The highest BCUT2D eigenvalue weighted by molar-refractivity contribution is 5.83. The SMILES string of the molecule is O=C(C1CC1)N1CCC(Cc2n[nH]c(=O)n2-c2ccc(-c3ccc4nc[nH]c(=O)c4c3)cc2F)C1. The Labute approximate surface area is 198 Å². The second kappa shape index (κ2) is 8.30. The Morgan fingerprint density at radius 1 is 1.09 bits per heavy atom. The van der Waals surface area contributed by atoms with E-state index in [4.69, 9.17) is 0 Å². The van der Waals surface area contributed by atoms with Gasteiger partial charge < -0.3 is 9.88 Å². The first-order chi connectivity index (χ1) is 17.0. The van der Waals surface area contributed by atoms with Crippen LogP contribution in [0.25, 0.3) is 27.7 Å². The second-order valence-electron chi connectivity index (χ2n) is 9.33. The van der Waals surface area contributed by atoms with Crippen LogP contribution >= 0.6 is 0 Å². The molecule has 178 valence electrons. The quantitative estimate of drug-likeness (QED) is 0.461. The lowest BCUT2D eigenvalue weighted by Crippen LogP contribution is -2.30. The number of carbonyl (C=O) groups excluding carboxylic acids is 1. The smallest absolute Gasteiger partial charge is 0.342 e. The summed E-state index contributed by atoms with van der Waals surface area (Å²) in [5, 5.41) is 7.00. The lowest BCUT2D eigenvalue weighted by Gasteiger charge is -2.16. The lowest BCUT2D eigenvalue weighted by molar-refractivity contribution is -0.131. The summed E-state index contributed by atoms with van der Waals surface area (Å²) in [6.45, 7) is 1.34. The molecule has 2 fully saturated rings. The molecule has 2 aromatic carbocycles. The van der Waals surface area contributed by atoms with Crippen LogP contribution in [0.5, 0.6) is 0 Å². The van der Waals surface area contributed by atoms with Crippen LogP contribution < -0.4 is 11.2 Å². The number of H-pyrrole nitrogens is 2. The molecule has 1 saturated heterocycles. The van der Waals surface area contributed by atoms with E-state index >= 15 is 4.39 Å². The molecule has 1 aliphatic carbocycles. The molecule has 0 radical (unpaired) electrons. The van der Waals surface area contributed by atoms with Crippen LogP contribution in [0.1, 0.15) is 25.1 Å². The number of hydrogen-bond donors (Lipinski definition) is 2. The van der Waals surface area contributed by atoms with Gasteiger partial charge in [-0.15, -0.1) is 0 Å². The maximum Gasteiger partial charge on any atom is 0.348 e. The Bertz CT molecular complexity index is 1570. The summed E-state index contributed by atoms with van der Waals surface area (Å²) in [5.41, 5.74) is 1.10. The number of nitrogens with one attached hydrogen (secondary N) is 2. The third kappa shape index (κ3) is 3.94. The van der Waals surface area contributed by atoms with Crippen molar-refractivity contribution in [3.63, 3.8) is 0 Å². The lowest BCUT2D eigenvalue weighted by atomic mass is 10.0. The molecule has 2 N–H and O–H groups in total. The van der Waals surface area contributed by atoms with Crippen molar-refractivity contribution in [1.29, 1.82) is 0 Å². The third-order valence-corrected chi connectivity index (χ3v) is 6.90. The molecule has 1 unspecified atom stereocenters. The van der Waals surface area contributed by atoms with Crippen molar-refractivity contribution in [1.82, 2.24) is 29.6 Å². The predicted molar refractivity (Wildman–Crippen MR) is 127 cm³/mol. The van der Waals surface area contributed by atoms with Gasteiger partial charge in [0.2, 0.25) is 5.91 Å². The number of benzene rings is 2. The summed E-state index contributed by atoms with van der Waals surface area (Å²) < 4.78 is 16.6. The van der Waals surface area contributed by atoms with Crippen molar-refractivity contribution in [3.8, 4) is 16.8 Å². The number of likely N-dealkylation sites (tertiary alicyclic amines) is 1. The molecule has 1 atom stereocenters. The van der Waals surface area contributed by atoms with Crippen molar-refractivity contribution < 1.29 is 9.18 Å². The first-order valence-electron chi connectivity index (χ1n) is 11.7. The number of aromatic amines is 2. The largest absolute Gasteiger partial charge is 0.348 e. The number of hydrogen-bond acceptors (Lipinski definition) is 5. The van der Waals surface area contributed by atoms with Gasteiger partial charge in [0.05, 0.1) is 22.9 Å². The highest BCUT2D eigenvalue weighted by Crippen LogP contribution is 2.33. The molecule has 4 aromatic rings. The number of fused-ring (bicyclic) bond motifs is 1. The summed E-state index contributed by atoms with van der Waals surface area (Å²) in [6.07, 6.45) is 4.58. The molecular formula is C25H23FN6O3. The molecule has 6 rings (SSSR count). The van der Waals surface area contributed by atoms with Gasteiger partial charge in [0.15, 0.2) is 0 Å². The number of carbonyl (C=O) groups is 1. The van der Waals surface area contributed by atoms with Crippen LogP contribution in [-0.2, 0) is 11.2 Å². The number of halogens is 1. The number of amides is 1. The number of rotatable bonds is 5. The highest BCUT2D eigenvalue weighted by atomic mass is 19.1. The van der Waals surface area contributed by atoms with Gasteiger partial charge in [0, 0.05) is 25.4 Å². The summed E-state index contributed by atoms with van der Waals surface area (Å²) in [4.78, 5) is 45.6. The van der Waals surface area contributed by atoms with E-state index in [9.17, 15) is 14.4 Å². The monoisotopic (exact) mass is 474 g/mol. The average Bonchev–Trinajstić information content (AvgIpc) is 3.51. The highest BCUT2D eigenvalue weighted by Gasteiger charge is 2.37. The molecule has 3 heterocycles. The van der Waals surface area contributed by atoms with Crippen molar-refractivity contribution in [2.24, 2.45) is 11.8 Å². The minimum atomic E-state index is -0.579. The van der Waals surface area contributed by atoms with E-state index in [-0.39, 0.29) is 29.0 Å². The van der Waals surface area contributed by atoms with E-state index in [1.54, 1.807) is 30.3 Å². The fraction of sp³-hybridized carbons (Fsp3) is 0.320. The standard InChI is InChI=1S/C25H23FN6O3/c26-19-11-17(16-3-5-20-18(10-16)23(33)28-13-27-20)4-6-21(19)32-22(29-30-25(32)35)9-14-7-8-31(12-14)24(34)15-1-2-15/h3-6,10-11,13-15H,1-2,7-9,12H2,(H,30,35)(H,27,28,33). The van der Waals surface area contributed by atoms with Gasteiger partial charge in [-0.1, -0.05) is 12.1 Å². The zero-order valence-electron chi connectivity index (χ0n) is 18.8. The number of nitrogens with zero attached hydrogens (tertiary/aromatic N) is 4. The minimum absolute atomic E-state index is 0.103. The molecule has 2 aromatic heterocycles. The second-order valence-corrected chi connectivity index (χ2v) is 9.33. The van der Waals surface area contributed by atoms with Gasteiger partial charge in [-0.05, 0) is 60.6 Å². The maximum absolute atomic E-state index is 15.3. The number of aromatic nitrogens is 5. The third-order valence-electron chi connectivity index (χ3n) is 6.90. The van der Waals surface area contributed by atoms with Crippen LogP contribution in [0, 0.1) is 17.7 Å². The van der Waals surface area contributed by atoms with Crippen molar-refractivity contribution >= 4 is 16.8 Å². The molecule has 1 saturated carbocycles. The molecule has 0 spiro atoms. The molecule has 2 aliphatic rings. The fourth-order valence-corrected chi connectivity index (χ4v) is 4.88. The Balaban J connectivity index is 1.27. The Morgan fingerprint density at radius 3 is 2.69 bits per heavy atom. The Kier molecular flexibility index (Phi) is 5.09. The van der Waals surface area contributed by atoms with E-state index in [0.29, 0.717) is 47.4 Å². The van der Waals surface area contributed by atoms with E-state index in [1.807, 2.05) is 4.90 Å². The van der Waals surface area contributed by atoms with Gasteiger partial charge >= 0.3 is 5.69 Å². The van der Waals surface area contributed by atoms with E-state index in [0.717, 1.165) is 19.3 Å². The maximum atomic E-state index is 15.3. The van der Waals surface area contributed by atoms with Gasteiger partial charge in [0.25, 0.3) is 5.56 Å². The van der Waals surface area contributed by atoms with Crippen LogP contribution in [0.3, 0.4) is 0 Å². The van der Waals surface area contributed by atoms with Crippen molar-refractivity contribution in [2.75, 3.05) is 13.1 Å². The normalized spacial score (nSPS) is 17.9.